The van der Waals surface area contributed by atoms with E-state index in [0.717, 1.165) is 11.0 Å². The van der Waals surface area contributed by atoms with Crippen LogP contribution in [0, 0.1) is 0 Å². The van der Waals surface area contributed by atoms with Crippen LogP contribution in [0.15, 0.2) is 23.1 Å². The number of carbonyl (C=O) groups is 2. The van der Waals surface area contributed by atoms with Crippen molar-refractivity contribution in [3.8, 4) is 0 Å². The number of nitrogen functional groups attached to an aromatic ring is 1. The minimum Gasteiger partial charge on any atom is -0.454 e. The molecule has 1 atom stereocenters. The van der Waals surface area contributed by atoms with Crippen molar-refractivity contribution in [2.75, 3.05) is 12.3 Å². The van der Waals surface area contributed by atoms with Gasteiger partial charge in [-0.25, -0.2) is 0 Å². The number of rotatable bonds is 6. The highest BCUT2D eigenvalue weighted by molar-refractivity contribution is 5.80. The van der Waals surface area contributed by atoms with Gasteiger partial charge in [-0.2, -0.15) is 0 Å². The molecule has 7 nitrogen and oxygen atoms in total. The van der Waals surface area contributed by atoms with Crippen molar-refractivity contribution in [3.05, 3.63) is 28.7 Å². The molecule has 1 aromatic heterocycles. The van der Waals surface area contributed by atoms with Crippen molar-refractivity contribution in [1.29, 1.82) is 0 Å². The molecular formula is C13H19N3O4. The molecule has 0 aliphatic rings. The SMILES string of the molecule is CCC(C)NC(=O)COC(=O)Cn1cc(N)ccc1=O. The summed E-state index contributed by atoms with van der Waals surface area (Å²) in [6, 6.07) is 2.74. The zero-order valence-corrected chi connectivity index (χ0v) is 11.6. The van der Waals surface area contributed by atoms with E-state index in [4.69, 9.17) is 10.5 Å². The Hall–Kier alpha value is -2.31. The first kappa shape index (κ1) is 15.7. The number of anilines is 1. The molecular weight excluding hydrogens is 262 g/mol. The van der Waals surface area contributed by atoms with Gasteiger partial charge in [0, 0.05) is 24.0 Å². The second-order valence-electron chi connectivity index (χ2n) is 4.47. The lowest BCUT2D eigenvalue weighted by Gasteiger charge is -2.11. The summed E-state index contributed by atoms with van der Waals surface area (Å²) in [7, 11) is 0. The fraction of sp³-hybridized carbons (Fsp3) is 0.462. The number of nitrogens with two attached hydrogens (primary N) is 1. The van der Waals surface area contributed by atoms with Crippen molar-refractivity contribution in [3.63, 3.8) is 0 Å². The van der Waals surface area contributed by atoms with Gasteiger partial charge in [0.25, 0.3) is 11.5 Å². The largest absolute Gasteiger partial charge is 0.454 e. The van der Waals surface area contributed by atoms with Gasteiger partial charge >= 0.3 is 5.97 Å². The Balaban J connectivity index is 2.46. The van der Waals surface area contributed by atoms with Crippen LogP contribution in [0.1, 0.15) is 20.3 Å². The Morgan fingerprint density at radius 2 is 2.15 bits per heavy atom. The maximum atomic E-state index is 11.5. The number of hydrogen-bond donors (Lipinski definition) is 2. The minimum absolute atomic E-state index is 0.0257. The van der Waals surface area contributed by atoms with E-state index in [1.807, 2.05) is 13.8 Å². The molecule has 0 aliphatic carbocycles. The average Bonchev–Trinajstić information content (AvgIpc) is 2.40. The Morgan fingerprint density at radius 3 is 2.80 bits per heavy atom. The second kappa shape index (κ2) is 7.32. The smallest absolute Gasteiger partial charge is 0.326 e. The lowest BCUT2D eigenvalue weighted by molar-refractivity contribution is -0.149. The van der Waals surface area contributed by atoms with Crippen LogP contribution in [0.3, 0.4) is 0 Å². The molecule has 3 N–H and O–H groups in total. The summed E-state index contributed by atoms with van der Waals surface area (Å²) in [6.45, 7) is 3.15. The van der Waals surface area contributed by atoms with Gasteiger partial charge in [0.2, 0.25) is 0 Å². The zero-order chi connectivity index (χ0) is 15.1. The Bertz CT molecular complexity index is 539. The fourth-order valence-corrected chi connectivity index (χ4v) is 1.42. The van der Waals surface area contributed by atoms with Crippen LogP contribution in [0.5, 0.6) is 0 Å². The van der Waals surface area contributed by atoms with Gasteiger partial charge in [-0.15, -0.1) is 0 Å². The molecule has 1 unspecified atom stereocenters. The lowest BCUT2D eigenvalue weighted by atomic mass is 10.2. The van der Waals surface area contributed by atoms with Crippen LogP contribution in [0.2, 0.25) is 0 Å². The number of nitrogens with zero attached hydrogens (tertiary/aromatic N) is 1. The maximum absolute atomic E-state index is 11.5. The van der Waals surface area contributed by atoms with E-state index in [1.165, 1.54) is 18.3 Å². The number of nitrogens with one attached hydrogen (secondary N) is 1. The summed E-state index contributed by atoms with van der Waals surface area (Å²) in [5, 5.41) is 2.66. The molecule has 0 bridgehead atoms. The number of aromatic nitrogens is 1. The molecule has 110 valence electrons. The summed E-state index contributed by atoms with van der Waals surface area (Å²) in [6.07, 6.45) is 2.14. The minimum atomic E-state index is -0.669. The van der Waals surface area contributed by atoms with E-state index < -0.39 is 5.97 Å². The first-order valence-corrected chi connectivity index (χ1v) is 6.33. The second-order valence-corrected chi connectivity index (χ2v) is 4.47. The molecule has 1 amide bonds. The Kier molecular flexibility index (Phi) is 5.76. The summed E-state index contributed by atoms with van der Waals surface area (Å²) >= 11 is 0. The molecule has 0 fully saturated rings. The average molecular weight is 281 g/mol. The first-order chi connectivity index (χ1) is 9.42. The topological polar surface area (TPSA) is 103 Å². The molecule has 0 saturated carbocycles. The number of carbonyl (C=O) groups excluding carboxylic acids is 2. The summed E-state index contributed by atoms with van der Waals surface area (Å²) in [5.41, 5.74) is 5.53. The number of pyridine rings is 1. The molecule has 1 rings (SSSR count). The van der Waals surface area contributed by atoms with Crippen LogP contribution < -0.4 is 16.6 Å². The molecule has 0 aliphatic heterocycles. The number of hydrogen-bond acceptors (Lipinski definition) is 5. The van der Waals surface area contributed by atoms with Crippen molar-refractivity contribution < 1.29 is 14.3 Å². The first-order valence-electron chi connectivity index (χ1n) is 6.33. The number of amides is 1. The molecule has 20 heavy (non-hydrogen) atoms. The lowest BCUT2D eigenvalue weighted by Crippen LogP contribution is -2.36. The molecule has 1 heterocycles. The van der Waals surface area contributed by atoms with Gasteiger partial charge in [-0.05, 0) is 19.4 Å². The predicted molar refractivity (Wildman–Crippen MR) is 74.0 cm³/mol. The van der Waals surface area contributed by atoms with Gasteiger partial charge in [-0.1, -0.05) is 6.92 Å². The quantitative estimate of drug-likeness (QED) is 0.708. The molecule has 1 aromatic rings. The predicted octanol–water partition coefficient (Wildman–Crippen LogP) is -0.112. The van der Waals surface area contributed by atoms with E-state index >= 15 is 0 Å². The van der Waals surface area contributed by atoms with Gasteiger partial charge in [0.05, 0.1) is 0 Å². The van der Waals surface area contributed by atoms with Crippen LogP contribution >= 0.6 is 0 Å². The number of esters is 1. The normalized spacial score (nSPS) is 11.7. The Morgan fingerprint density at radius 1 is 1.45 bits per heavy atom. The monoisotopic (exact) mass is 281 g/mol. The highest BCUT2D eigenvalue weighted by Crippen LogP contribution is 1.96. The molecule has 0 radical (unpaired) electrons. The summed E-state index contributed by atoms with van der Waals surface area (Å²) in [5.74, 6) is -1.04. The van der Waals surface area contributed by atoms with E-state index in [0.29, 0.717) is 5.69 Å². The van der Waals surface area contributed by atoms with Crippen molar-refractivity contribution in [2.24, 2.45) is 0 Å². The standard InChI is InChI=1S/C13H19N3O4/c1-3-9(2)15-11(17)8-20-13(19)7-16-6-10(14)4-5-12(16)18/h4-6,9H,3,7-8,14H2,1-2H3,(H,15,17). The third-order valence-electron chi connectivity index (χ3n) is 2.69. The molecule has 7 heteroatoms. The van der Waals surface area contributed by atoms with Crippen LogP contribution in [0.25, 0.3) is 0 Å². The third-order valence-corrected chi connectivity index (χ3v) is 2.69. The van der Waals surface area contributed by atoms with Crippen molar-refractivity contribution >= 4 is 17.6 Å². The van der Waals surface area contributed by atoms with Crippen LogP contribution in [-0.2, 0) is 20.9 Å². The van der Waals surface area contributed by atoms with E-state index in [-0.39, 0.29) is 30.7 Å². The molecule has 0 saturated heterocycles. The summed E-state index contributed by atoms with van der Waals surface area (Å²) in [4.78, 5) is 34.4. The fourth-order valence-electron chi connectivity index (χ4n) is 1.42. The zero-order valence-electron chi connectivity index (χ0n) is 11.6. The maximum Gasteiger partial charge on any atom is 0.326 e. The van der Waals surface area contributed by atoms with E-state index in [2.05, 4.69) is 5.32 Å². The Labute approximate surface area is 116 Å². The number of ether oxygens (including phenoxy) is 1. The molecule has 0 aromatic carbocycles. The van der Waals surface area contributed by atoms with Gasteiger partial charge in [0.15, 0.2) is 6.61 Å². The van der Waals surface area contributed by atoms with Gasteiger partial charge in [0.1, 0.15) is 6.54 Å². The van der Waals surface area contributed by atoms with Crippen molar-refractivity contribution in [2.45, 2.75) is 32.9 Å². The highest BCUT2D eigenvalue weighted by Gasteiger charge is 2.10. The van der Waals surface area contributed by atoms with Gasteiger partial charge in [-0.3, -0.25) is 14.4 Å². The van der Waals surface area contributed by atoms with E-state index in [9.17, 15) is 14.4 Å². The summed E-state index contributed by atoms with van der Waals surface area (Å²) < 4.78 is 5.93. The van der Waals surface area contributed by atoms with Gasteiger partial charge < -0.3 is 20.4 Å². The van der Waals surface area contributed by atoms with Crippen LogP contribution in [-0.4, -0.2) is 29.1 Å². The third kappa shape index (κ3) is 5.13. The van der Waals surface area contributed by atoms with Crippen LogP contribution in [0.4, 0.5) is 5.69 Å². The van der Waals surface area contributed by atoms with Crippen molar-refractivity contribution in [1.82, 2.24) is 9.88 Å². The molecule has 0 spiro atoms. The highest BCUT2D eigenvalue weighted by atomic mass is 16.5. The van der Waals surface area contributed by atoms with E-state index in [1.54, 1.807) is 0 Å².